The van der Waals surface area contributed by atoms with Crippen LogP contribution in [-0.4, -0.2) is 35.5 Å². The molecule has 6 heteroatoms. The predicted octanol–water partition coefficient (Wildman–Crippen LogP) is 3.56. The zero-order valence-corrected chi connectivity index (χ0v) is 15.1. The van der Waals surface area contributed by atoms with E-state index in [0.717, 1.165) is 24.7 Å². The van der Waals surface area contributed by atoms with Crippen LogP contribution in [0.25, 0.3) is 0 Å². The van der Waals surface area contributed by atoms with Gasteiger partial charge in [-0.15, -0.1) is 6.58 Å². The fraction of sp³-hybridized carbons (Fsp3) is 0.350. The second-order valence-electron chi connectivity index (χ2n) is 6.63. The van der Waals surface area contributed by atoms with E-state index in [2.05, 4.69) is 51.1 Å². The van der Waals surface area contributed by atoms with Gasteiger partial charge in [0, 0.05) is 31.0 Å². The van der Waals surface area contributed by atoms with Crippen molar-refractivity contribution in [2.45, 2.75) is 19.8 Å². The fourth-order valence-electron chi connectivity index (χ4n) is 2.93. The molecule has 3 rings (SSSR count). The number of carbonyl (C=O) groups excluding carboxylic acids is 1. The molecule has 0 spiro atoms. The Hall–Kier alpha value is -2.89. The summed E-state index contributed by atoms with van der Waals surface area (Å²) < 4.78 is 0. The van der Waals surface area contributed by atoms with Gasteiger partial charge in [0.15, 0.2) is 0 Å². The van der Waals surface area contributed by atoms with Gasteiger partial charge in [0.1, 0.15) is 11.5 Å². The van der Waals surface area contributed by atoms with E-state index in [9.17, 15) is 4.79 Å². The number of aromatic nitrogens is 2. The number of rotatable bonds is 6. The maximum absolute atomic E-state index is 12.3. The highest BCUT2D eigenvalue weighted by atomic mass is 16.1. The molecular formula is C20H25N5O. The molecule has 2 aromatic rings. The lowest BCUT2D eigenvalue weighted by Gasteiger charge is -2.32. The quantitative estimate of drug-likeness (QED) is 0.779. The molecule has 26 heavy (non-hydrogen) atoms. The van der Waals surface area contributed by atoms with Gasteiger partial charge >= 0.3 is 0 Å². The first-order chi connectivity index (χ1) is 12.7. The van der Waals surface area contributed by atoms with Crippen molar-refractivity contribution in [2.75, 3.05) is 35.2 Å². The van der Waals surface area contributed by atoms with E-state index in [-0.39, 0.29) is 11.6 Å². The lowest BCUT2D eigenvalue weighted by molar-refractivity contribution is 0.102. The minimum Gasteiger partial charge on any atom is -0.372 e. The topological polar surface area (TPSA) is 70.2 Å². The largest absolute Gasteiger partial charge is 0.372 e. The Morgan fingerprint density at radius 2 is 1.96 bits per heavy atom. The lowest BCUT2D eigenvalue weighted by atomic mass is 9.99. The van der Waals surface area contributed by atoms with Crippen molar-refractivity contribution in [1.29, 1.82) is 0 Å². The summed E-state index contributed by atoms with van der Waals surface area (Å²) in [5, 5.41) is 5.88. The summed E-state index contributed by atoms with van der Waals surface area (Å²) in [6.45, 7) is 8.72. The standard InChI is InChI=1S/C20H25N5O/c1-3-10-21-19-14-22-18(13-23-19)20(26)24-16-4-6-17(7-5-16)25-11-8-15(2)9-12-25/h3-7,13-15H,1,8-12H2,2H3,(H,21,23)(H,24,26). The Kier molecular flexibility index (Phi) is 5.84. The molecule has 2 heterocycles. The molecule has 1 fully saturated rings. The van der Waals surface area contributed by atoms with Crippen molar-refractivity contribution in [3.8, 4) is 0 Å². The van der Waals surface area contributed by atoms with Crippen LogP contribution < -0.4 is 15.5 Å². The molecule has 2 N–H and O–H groups in total. The van der Waals surface area contributed by atoms with E-state index >= 15 is 0 Å². The third kappa shape index (κ3) is 4.59. The monoisotopic (exact) mass is 351 g/mol. The summed E-state index contributed by atoms with van der Waals surface area (Å²) in [6.07, 6.45) is 7.20. The van der Waals surface area contributed by atoms with Gasteiger partial charge in [0.05, 0.1) is 12.4 Å². The molecule has 1 amide bonds. The zero-order valence-electron chi connectivity index (χ0n) is 15.1. The van der Waals surface area contributed by atoms with E-state index in [1.807, 2.05) is 12.1 Å². The van der Waals surface area contributed by atoms with E-state index in [4.69, 9.17) is 0 Å². The second kappa shape index (κ2) is 8.47. The number of hydrogen-bond acceptors (Lipinski definition) is 5. The fourth-order valence-corrected chi connectivity index (χ4v) is 2.93. The van der Waals surface area contributed by atoms with Gasteiger partial charge in [0.25, 0.3) is 5.91 Å². The van der Waals surface area contributed by atoms with Gasteiger partial charge in [0.2, 0.25) is 0 Å². The molecule has 0 aliphatic carbocycles. The van der Waals surface area contributed by atoms with Gasteiger partial charge in [-0.3, -0.25) is 4.79 Å². The number of benzene rings is 1. The number of nitrogens with zero attached hydrogens (tertiary/aromatic N) is 3. The highest BCUT2D eigenvalue weighted by Crippen LogP contribution is 2.24. The number of piperidine rings is 1. The molecule has 0 bridgehead atoms. The Bertz CT molecular complexity index is 734. The number of nitrogens with one attached hydrogen (secondary N) is 2. The summed E-state index contributed by atoms with van der Waals surface area (Å²) >= 11 is 0. The van der Waals surface area contributed by atoms with Crippen molar-refractivity contribution in [2.24, 2.45) is 5.92 Å². The van der Waals surface area contributed by atoms with Crippen LogP contribution in [0.15, 0.2) is 49.3 Å². The number of amides is 1. The molecule has 1 aromatic carbocycles. The van der Waals surface area contributed by atoms with Crippen LogP contribution in [0.1, 0.15) is 30.3 Å². The van der Waals surface area contributed by atoms with E-state index in [1.54, 1.807) is 12.3 Å². The molecular weight excluding hydrogens is 326 g/mol. The molecule has 0 radical (unpaired) electrons. The van der Waals surface area contributed by atoms with Crippen LogP contribution >= 0.6 is 0 Å². The number of hydrogen-bond donors (Lipinski definition) is 2. The first kappa shape index (κ1) is 17.9. The summed E-state index contributed by atoms with van der Waals surface area (Å²) in [6, 6.07) is 7.97. The maximum atomic E-state index is 12.3. The molecule has 6 nitrogen and oxygen atoms in total. The number of anilines is 3. The lowest BCUT2D eigenvalue weighted by Crippen LogP contribution is -2.32. The van der Waals surface area contributed by atoms with Crippen molar-refractivity contribution in [3.05, 3.63) is 55.0 Å². The molecule has 0 unspecified atom stereocenters. The van der Waals surface area contributed by atoms with Crippen LogP contribution in [-0.2, 0) is 0 Å². The Balaban J connectivity index is 1.58. The molecule has 1 aliphatic heterocycles. The van der Waals surface area contributed by atoms with E-state index in [0.29, 0.717) is 12.4 Å². The van der Waals surface area contributed by atoms with Gasteiger partial charge in [-0.25, -0.2) is 9.97 Å². The molecule has 0 atom stereocenters. The first-order valence-corrected chi connectivity index (χ1v) is 8.99. The summed E-state index contributed by atoms with van der Waals surface area (Å²) in [5.41, 5.74) is 2.23. The normalized spacial score (nSPS) is 14.7. The zero-order chi connectivity index (χ0) is 18.4. The molecule has 0 saturated carbocycles. The van der Waals surface area contributed by atoms with Crippen LogP contribution in [0.2, 0.25) is 0 Å². The third-order valence-electron chi connectivity index (χ3n) is 4.59. The summed E-state index contributed by atoms with van der Waals surface area (Å²) in [5.74, 6) is 1.15. The van der Waals surface area contributed by atoms with Crippen molar-refractivity contribution in [1.82, 2.24) is 9.97 Å². The van der Waals surface area contributed by atoms with Crippen molar-refractivity contribution in [3.63, 3.8) is 0 Å². The second-order valence-corrected chi connectivity index (χ2v) is 6.63. The summed E-state index contributed by atoms with van der Waals surface area (Å²) in [4.78, 5) is 23.0. The molecule has 1 saturated heterocycles. The van der Waals surface area contributed by atoms with E-state index in [1.165, 1.54) is 24.7 Å². The van der Waals surface area contributed by atoms with E-state index < -0.39 is 0 Å². The Morgan fingerprint density at radius 3 is 2.58 bits per heavy atom. The Morgan fingerprint density at radius 1 is 1.23 bits per heavy atom. The van der Waals surface area contributed by atoms with Crippen molar-refractivity contribution >= 4 is 23.1 Å². The van der Waals surface area contributed by atoms with Gasteiger partial charge in [-0.05, 0) is 43.0 Å². The van der Waals surface area contributed by atoms with Crippen LogP contribution in [0, 0.1) is 5.92 Å². The van der Waals surface area contributed by atoms with Crippen LogP contribution in [0.3, 0.4) is 0 Å². The summed E-state index contributed by atoms with van der Waals surface area (Å²) in [7, 11) is 0. The highest BCUT2D eigenvalue weighted by Gasteiger charge is 2.16. The Labute approximate surface area is 154 Å². The molecule has 1 aromatic heterocycles. The highest BCUT2D eigenvalue weighted by molar-refractivity contribution is 6.02. The third-order valence-corrected chi connectivity index (χ3v) is 4.59. The average molecular weight is 351 g/mol. The van der Waals surface area contributed by atoms with Crippen LogP contribution in [0.5, 0.6) is 0 Å². The molecule has 1 aliphatic rings. The smallest absolute Gasteiger partial charge is 0.275 e. The predicted molar refractivity (Wildman–Crippen MR) is 106 cm³/mol. The minimum atomic E-state index is -0.271. The van der Waals surface area contributed by atoms with Crippen molar-refractivity contribution < 1.29 is 4.79 Å². The molecule has 136 valence electrons. The maximum Gasteiger partial charge on any atom is 0.275 e. The van der Waals surface area contributed by atoms with Crippen LogP contribution in [0.4, 0.5) is 17.2 Å². The SMILES string of the molecule is C=CCNc1cnc(C(=O)Nc2ccc(N3CCC(C)CC3)cc2)cn1. The first-order valence-electron chi connectivity index (χ1n) is 8.99. The number of carbonyl (C=O) groups is 1. The average Bonchev–Trinajstić information content (AvgIpc) is 2.68. The van der Waals surface area contributed by atoms with Gasteiger partial charge < -0.3 is 15.5 Å². The van der Waals surface area contributed by atoms with Gasteiger partial charge in [-0.2, -0.15) is 0 Å². The minimum absolute atomic E-state index is 0.271. The van der Waals surface area contributed by atoms with Gasteiger partial charge in [-0.1, -0.05) is 13.0 Å².